The molecule has 0 saturated heterocycles. The highest BCUT2D eigenvalue weighted by molar-refractivity contribution is 5.55. The van der Waals surface area contributed by atoms with Gasteiger partial charge in [0.2, 0.25) is 0 Å². The highest BCUT2D eigenvalue weighted by Gasteiger charge is 2.18. The van der Waals surface area contributed by atoms with Crippen molar-refractivity contribution < 1.29 is 5.11 Å². The smallest absolute Gasteiger partial charge is 0.0755 e. The molecule has 1 atom stereocenters. The molecule has 1 unspecified atom stereocenters. The molecule has 2 nitrogen and oxygen atoms in total. The number of hydrogen-bond donors (Lipinski definition) is 1. The van der Waals surface area contributed by atoms with Crippen LogP contribution in [0.15, 0.2) is 54.6 Å². The van der Waals surface area contributed by atoms with Crippen molar-refractivity contribution in [3.8, 4) is 0 Å². The Hall–Kier alpha value is -1.80. The lowest BCUT2D eigenvalue weighted by Gasteiger charge is -2.32. The van der Waals surface area contributed by atoms with Crippen LogP contribution < -0.4 is 4.90 Å². The Labute approximate surface area is 120 Å². The first-order chi connectivity index (χ1) is 9.83. The molecule has 1 aliphatic heterocycles. The maximum atomic E-state index is 10.3. The normalized spacial score (nSPS) is 15.8. The second-order valence-corrected chi connectivity index (χ2v) is 5.52. The van der Waals surface area contributed by atoms with Crippen LogP contribution in [0.2, 0.25) is 0 Å². The van der Waals surface area contributed by atoms with Crippen molar-refractivity contribution in [1.29, 1.82) is 0 Å². The lowest BCUT2D eigenvalue weighted by Crippen LogP contribution is -2.37. The summed E-state index contributed by atoms with van der Waals surface area (Å²) in [6, 6.07) is 18.8. The second-order valence-electron chi connectivity index (χ2n) is 5.52. The van der Waals surface area contributed by atoms with Crippen LogP contribution in [0.3, 0.4) is 0 Å². The van der Waals surface area contributed by atoms with Crippen LogP contribution in [-0.2, 0) is 12.8 Å². The molecule has 2 aromatic carbocycles. The van der Waals surface area contributed by atoms with Gasteiger partial charge in [0.05, 0.1) is 6.10 Å². The average molecular weight is 267 g/mol. The summed E-state index contributed by atoms with van der Waals surface area (Å²) < 4.78 is 0. The molecule has 0 spiro atoms. The van der Waals surface area contributed by atoms with E-state index in [1.54, 1.807) is 0 Å². The Morgan fingerprint density at radius 1 is 1.00 bits per heavy atom. The number of aliphatic hydroxyl groups is 1. The fourth-order valence-corrected chi connectivity index (χ4v) is 3.01. The lowest BCUT2D eigenvalue weighted by atomic mass is 10.0. The molecule has 0 bridgehead atoms. The summed E-state index contributed by atoms with van der Waals surface area (Å²) in [5.41, 5.74) is 3.90. The Kier molecular flexibility index (Phi) is 4.03. The molecule has 0 aliphatic carbocycles. The summed E-state index contributed by atoms with van der Waals surface area (Å²) in [6.45, 7) is 1.76. The van der Waals surface area contributed by atoms with Gasteiger partial charge in [-0.3, -0.25) is 0 Å². The van der Waals surface area contributed by atoms with Gasteiger partial charge in [-0.15, -0.1) is 0 Å². The molecule has 2 heteroatoms. The molecule has 1 N–H and O–H groups in total. The number of anilines is 1. The van der Waals surface area contributed by atoms with E-state index in [1.807, 2.05) is 18.2 Å². The van der Waals surface area contributed by atoms with Gasteiger partial charge in [0, 0.05) is 25.2 Å². The van der Waals surface area contributed by atoms with Gasteiger partial charge in [0.15, 0.2) is 0 Å². The van der Waals surface area contributed by atoms with Crippen LogP contribution in [-0.4, -0.2) is 24.3 Å². The first kappa shape index (κ1) is 13.2. The highest BCUT2D eigenvalue weighted by atomic mass is 16.3. The van der Waals surface area contributed by atoms with E-state index < -0.39 is 0 Å². The fourth-order valence-electron chi connectivity index (χ4n) is 3.01. The maximum Gasteiger partial charge on any atom is 0.0755 e. The minimum absolute atomic E-state index is 0.316. The molecule has 1 heterocycles. The van der Waals surface area contributed by atoms with E-state index in [2.05, 4.69) is 41.3 Å². The van der Waals surface area contributed by atoms with E-state index in [-0.39, 0.29) is 6.10 Å². The lowest BCUT2D eigenvalue weighted by molar-refractivity contribution is 0.179. The summed E-state index contributed by atoms with van der Waals surface area (Å²) in [6.07, 6.45) is 2.74. The van der Waals surface area contributed by atoms with Crippen molar-refractivity contribution in [1.82, 2.24) is 0 Å². The number of benzene rings is 2. The maximum absolute atomic E-state index is 10.3. The van der Waals surface area contributed by atoms with E-state index >= 15 is 0 Å². The summed E-state index contributed by atoms with van der Waals surface area (Å²) in [4.78, 5) is 2.33. The SMILES string of the molecule is OC(Cc1ccccc1)CN1CCCc2ccccc21. The number of β-amino-alcohol motifs (C(OH)–C–C–N with tert-alkyl or cyclic N) is 1. The quantitative estimate of drug-likeness (QED) is 0.920. The second kappa shape index (κ2) is 6.10. The van der Waals surface area contributed by atoms with Gasteiger partial charge < -0.3 is 10.0 Å². The predicted octanol–water partition coefficient (Wildman–Crippen LogP) is 3.04. The minimum atomic E-state index is -0.316. The van der Waals surface area contributed by atoms with Crippen LogP contribution >= 0.6 is 0 Å². The number of nitrogens with zero attached hydrogens (tertiary/aromatic N) is 1. The van der Waals surface area contributed by atoms with Gasteiger partial charge in [-0.2, -0.15) is 0 Å². The van der Waals surface area contributed by atoms with Crippen molar-refractivity contribution in [3.63, 3.8) is 0 Å². The Morgan fingerprint density at radius 2 is 1.75 bits per heavy atom. The molecule has 104 valence electrons. The zero-order chi connectivity index (χ0) is 13.8. The van der Waals surface area contributed by atoms with Crippen LogP contribution in [0.5, 0.6) is 0 Å². The Balaban J connectivity index is 1.66. The van der Waals surface area contributed by atoms with Gasteiger partial charge in [0.25, 0.3) is 0 Å². The van der Waals surface area contributed by atoms with Crippen LogP contribution in [0.25, 0.3) is 0 Å². The standard InChI is InChI=1S/C18H21NO/c20-17(13-15-7-2-1-3-8-15)14-19-12-6-10-16-9-4-5-11-18(16)19/h1-5,7-9,11,17,20H,6,10,12-14H2. The van der Waals surface area contributed by atoms with Gasteiger partial charge in [-0.1, -0.05) is 48.5 Å². The predicted molar refractivity (Wildman–Crippen MR) is 83.1 cm³/mol. The number of aryl methyl sites for hydroxylation is 1. The summed E-state index contributed by atoms with van der Waals surface area (Å²) >= 11 is 0. The number of fused-ring (bicyclic) bond motifs is 1. The van der Waals surface area contributed by atoms with Crippen molar-refractivity contribution >= 4 is 5.69 Å². The van der Waals surface area contributed by atoms with Crippen molar-refractivity contribution in [2.45, 2.75) is 25.4 Å². The third-order valence-corrected chi connectivity index (χ3v) is 3.95. The number of hydrogen-bond acceptors (Lipinski definition) is 2. The van der Waals surface area contributed by atoms with E-state index in [4.69, 9.17) is 0 Å². The van der Waals surface area contributed by atoms with Gasteiger partial charge >= 0.3 is 0 Å². The topological polar surface area (TPSA) is 23.5 Å². The highest BCUT2D eigenvalue weighted by Crippen LogP contribution is 2.26. The molecule has 0 fully saturated rings. The zero-order valence-electron chi connectivity index (χ0n) is 11.7. The van der Waals surface area contributed by atoms with Crippen molar-refractivity contribution in [2.75, 3.05) is 18.0 Å². The van der Waals surface area contributed by atoms with Crippen LogP contribution in [0, 0.1) is 0 Å². The van der Waals surface area contributed by atoms with Gasteiger partial charge in [0.1, 0.15) is 0 Å². The Morgan fingerprint density at radius 3 is 2.60 bits per heavy atom. The molecule has 3 rings (SSSR count). The van der Waals surface area contributed by atoms with Crippen LogP contribution in [0.4, 0.5) is 5.69 Å². The van der Waals surface area contributed by atoms with Crippen molar-refractivity contribution in [2.24, 2.45) is 0 Å². The summed E-state index contributed by atoms with van der Waals surface area (Å²) in [5.74, 6) is 0. The Bertz CT molecular complexity index is 552. The third-order valence-electron chi connectivity index (χ3n) is 3.95. The van der Waals surface area contributed by atoms with Crippen molar-refractivity contribution in [3.05, 3.63) is 65.7 Å². The number of para-hydroxylation sites is 1. The molecule has 0 saturated carbocycles. The molecule has 20 heavy (non-hydrogen) atoms. The largest absolute Gasteiger partial charge is 0.391 e. The monoisotopic (exact) mass is 267 g/mol. The molecular weight excluding hydrogens is 246 g/mol. The van der Waals surface area contributed by atoms with E-state index in [1.165, 1.54) is 23.2 Å². The molecule has 1 aliphatic rings. The number of rotatable bonds is 4. The first-order valence-corrected chi connectivity index (χ1v) is 7.38. The average Bonchev–Trinajstić information content (AvgIpc) is 2.48. The fraction of sp³-hybridized carbons (Fsp3) is 0.333. The van der Waals surface area contributed by atoms with Gasteiger partial charge in [-0.25, -0.2) is 0 Å². The number of aliphatic hydroxyl groups excluding tert-OH is 1. The summed E-state index contributed by atoms with van der Waals surface area (Å²) in [5, 5.41) is 10.3. The molecular formula is C18H21NO. The van der Waals surface area contributed by atoms with Crippen LogP contribution in [0.1, 0.15) is 17.5 Å². The van der Waals surface area contributed by atoms with E-state index in [0.29, 0.717) is 6.54 Å². The van der Waals surface area contributed by atoms with E-state index in [9.17, 15) is 5.11 Å². The molecule has 0 aromatic heterocycles. The minimum Gasteiger partial charge on any atom is -0.391 e. The first-order valence-electron chi connectivity index (χ1n) is 7.38. The molecule has 0 radical (unpaired) electrons. The molecule has 2 aromatic rings. The van der Waals surface area contributed by atoms with E-state index in [0.717, 1.165) is 19.4 Å². The van der Waals surface area contributed by atoms with Gasteiger partial charge in [-0.05, 0) is 30.0 Å². The molecule has 0 amide bonds. The zero-order valence-corrected chi connectivity index (χ0v) is 11.7. The summed E-state index contributed by atoms with van der Waals surface area (Å²) in [7, 11) is 0. The third kappa shape index (κ3) is 3.02.